The van der Waals surface area contributed by atoms with Gasteiger partial charge in [-0.1, -0.05) is 17.0 Å². The van der Waals surface area contributed by atoms with Gasteiger partial charge in [-0.25, -0.2) is 8.78 Å². The second-order valence-electron chi connectivity index (χ2n) is 2.98. The smallest absolute Gasteiger partial charge is 0.190 e. The summed E-state index contributed by atoms with van der Waals surface area (Å²) in [6.45, 7) is 0.227. The first-order valence-corrected chi connectivity index (χ1v) is 4.71. The number of hydrogen-bond acceptors (Lipinski definition) is 2. The van der Waals surface area contributed by atoms with Crippen LogP contribution in [0.4, 0.5) is 8.78 Å². The molecule has 0 unspecified atom stereocenters. The SMILES string of the molecule is COc1c(F)cc(C#CCCN=[N+]=[N-])cc1F. The molecular weight excluding hydrogens is 228 g/mol. The summed E-state index contributed by atoms with van der Waals surface area (Å²) >= 11 is 0. The molecule has 0 aromatic heterocycles. The zero-order valence-corrected chi connectivity index (χ0v) is 9.07. The highest BCUT2D eigenvalue weighted by Crippen LogP contribution is 2.22. The number of azide groups is 1. The van der Waals surface area contributed by atoms with Crippen LogP contribution in [0.5, 0.6) is 5.75 Å². The first kappa shape index (κ1) is 12.8. The monoisotopic (exact) mass is 237 g/mol. The molecule has 0 aliphatic heterocycles. The van der Waals surface area contributed by atoms with Gasteiger partial charge in [-0.2, -0.15) is 0 Å². The summed E-state index contributed by atoms with van der Waals surface area (Å²) in [5, 5.41) is 3.28. The molecule has 17 heavy (non-hydrogen) atoms. The van der Waals surface area contributed by atoms with E-state index in [4.69, 9.17) is 5.53 Å². The molecule has 0 saturated heterocycles. The maximum Gasteiger partial charge on any atom is 0.190 e. The third kappa shape index (κ3) is 3.67. The average Bonchev–Trinajstić information content (AvgIpc) is 2.28. The minimum Gasteiger partial charge on any atom is -0.491 e. The molecule has 0 bridgehead atoms. The summed E-state index contributed by atoms with van der Waals surface area (Å²) < 4.78 is 31.0. The van der Waals surface area contributed by atoms with E-state index in [1.807, 2.05) is 0 Å². The van der Waals surface area contributed by atoms with Gasteiger partial charge in [-0.3, -0.25) is 0 Å². The van der Waals surface area contributed by atoms with Gasteiger partial charge in [-0.05, 0) is 17.7 Å². The number of ether oxygens (including phenoxy) is 1. The summed E-state index contributed by atoms with van der Waals surface area (Å²) in [4.78, 5) is 2.55. The molecule has 6 heteroatoms. The number of benzene rings is 1. The Bertz CT molecular complexity index is 490. The molecule has 0 saturated carbocycles. The number of rotatable bonds is 3. The molecule has 0 heterocycles. The average molecular weight is 237 g/mol. The number of methoxy groups -OCH3 is 1. The maximum atomic E-state index is 13.2. The first-order valence-electron chi connectivity index (χ1n) is 4.71. The lowest BCUT2D eigenvalue weighted by Crippen LogP contribution is -1.93. The minimum absolute atomic E-state index is 0.210. The molecule has 0 radical (unpaired) electrons. The van der Waals surface area contributed by atoms with Crippen molar-refractivity contribution in [2.24, 2.45) is 5.11 Å². The molecule has 1 aromatic rings. The Labute approximate surface area is 96.8 Å². The quantitative estimate of drug-likeness (QED) is 0.262. The van der Waals surface area contributed by atoms with Crippen LogP contribution in [0.3, 0.4) is 0 Å². The van der Waals surface area contributed by atoms with Crippen molar-refractivity contribution in [2.45, 2.75) is 6.42 Å². The number of hydrogen-bond donors (Lipinski definition) is 0. The van der Waals surface area contributed by atoms with Gasteiger partial charge in [0.2, 0.25) is 0 Å². The molecule has 0 atom stereocenters. The van der Waals surface area contributed by atoms with Crippen LogP contribution in [0.25, 0.3) is 10.4 Å². The summed E-state index contributed by atoms with van der Waals surface area (Å²) in [6.07, 6.45) is 0.333. The fraction of sp³-hybridized carbons (Fsp3) is 0.273. The molecule has 0 amide bonds. The van der Waals surface area contributed by atoms with Crippen molar-refractivity contribution in [2.75, 3.05) is 13.7 Å². The normalized spacial score (nSPS) is 8.88. The second-order valence-corrected chi connectivity index (χ2v) is 2.98. The van der Waals surface area contributed by atoms with Gasteiger partial charge >= 0.3 is 0 Å². The maximum absolute atomic E-state index is 13.2. The van der Waals surface area contributed by atoms with Crippen LogP contribution < -0.4 is 4.74 Å². The van der Waals surface area contributed by atoms with Crippen molar-refractivity contribution in [3.8, 4) is 17.6 Å². The van der Waals surface area contributed by atoms with Crippen molar-refractivity contribution < 1.29 is 13.5 Å². The molecule has 0 aliphatic rings. The number of halogens is 2. The van der Waals surface area contributed by atoms with E-state index in [1.54, 1.807) is 0 Å². The standard InChI is InChI=1S/C11H9F2N3O/c1-17-11-9(12)6-8(7-10(11)13)4-2-3-5-15-16-14/h6-7H,3,5H2,1H3. The first-order chi connectivity index (χ1) is 8.19. The van der Waals surface area contributed by atoms with Gasteiger partial charge < -0.3 is 4.74 Å². The van der Waals surface area contributed by atoms with E-state index >= 15 is 0 Å². The van der Waals surface area contributed by atoms with Crippen molar-refractivity contribution in [3.05, 3.63) is 39.8 Å². The van der Waals surface area contributed by atoms with Crippen molar-refractivity contribution >= 4 is 0 Å². The topological polar surface area (TPSA) is 58.0 Å². The predicted molar refractivity (Wildman–Crippen MR) is 58.4 cm³/mol. The zero-order valence-electron chi connectivity index (χ0n) is 9.07. The third-order valence-corrected chi connectivity index (χ3v) is 1.84. The largest absolute Gasteiger partial charge is 0.491 e. The van der Waals surface area contributed by atoms with Gasteiger partial charge in [0.1, 0.15) is 0 Å². The number of nitrogens with zero attached hydrogens (tertiary/aromatic N) is 3. The molecule has 0 aliphatic carbocycles. The van der Waals surface area contributed by atoms with Crippen LogP contribution in [0.2, 0.25) is 0 Å². The molecule has 88 valence electrons. The Hall–Kier alpha value is -2.25. The van der Waals surface area contributed by atoms with Crippen LogP contribution in [0.15, 0.2) is 17.2 Å². The van der Waals surface area contributed by atoms with Crippen LogP contribution >= 0.6 is 0 Å². The third-order valence-electron chi connectivity index (χ3n) is 1.84. The Balaban J connectivity index is 2.82. The van der Waals surface area contributed by atoms with Crippen molar-refractivity contribution in [3.63, 3.8) is 0 Å². The van der Waals surface area contributed by atoms with E-state index in [9.17, 15) is 8.78 Å². The van der Waals surface area contributed by atoms with Crippen LogP contribution in [-0.2, 0) is 0 Å². The summed E-state index contributed by atoms with van der Waals surface area (Å²) in [5.41, 5.74) is 8.22. The molecule has 0 fully saturated rings. The van der Waals surface area contributed by atoms with Gasteiger partial charge in [0.15, 0.2) is 17.4 Å². The Morgan fingerprint density at radius 3 is 2.59 bits per heavy atom. The van der Waals surface area contributed by atoms with Gasteiger partial charge in [0, 0.05) is 23.4 Å². The van der Waals surface area contributed by atoms with E-state index < -0.39 is 17.4 Å². The highest BCUT2D eigenvalue weighted by Gasteiger charge is 2.10. The lowest BCUT2D eigenvalue weighted by molar-refractivity contribution is 0.359. The van der Waals surface area contributed by atoms with E-state index in [1.165, 1.54) is 7.11 Å². The second kappa shape index (κ2) is 6.36. The van der Waals surface area contributed by atoms with Crippen LogP contribution in [0.1, 0.15) is 12.0 Å². The highest BCUT2D eigenvalue weighted by atomic mass is 19.1. The Morgan fingerprint density at radius 2 is 2.06 bits per heavy atom. The Morgan fingerprint density at radius 1 is 1.41 bits per heavy atom. The molecule has 0 N–H and O–H groups in total. The van der Waals surface area contributed by atoms with E-state index in [0.717, 1.165) is 12.1 Å². The highest BCUT2D eigenvalue weighted by molar-refractivity contribution is 5.40. The summed E-state index contributed by atoms with van der Waals surface area (Å²) in [7, 11) is 1.19. The molecule has 1 aromatic carbocycles. The minimum atomic E-state index is -0.799. The fourth-order valence-electron chi connectivity index (χ4n) is 1.14. The summed E-state index contributed by atoms with van der Waals surface area (Å²) in [6, 6.07) is 2.17. The van der Waals surface area contributed by atoms with Gasteiger partial charge in [0.05, 0.1) is 7.11 Å². The van der Waals surface area contributed by atoms with Crippen molar-refractivity contribution in [1.82, 2.24) is 0 Å². The summed E-state index contributed by atoms with van der Waals surface area (Å²) in [5.74, 6) is 3.18. The van der Waals surface area contributed by atoms with Gasteiger partial charge in [-0.15, -0.1) is 0 Å². The molecule has 1 rings (SSSR count). The van der Waals surface area contributed by atoms with Crippen LogP contribution in [0, 0.1) is 23.5 Å². The predicted octanol–water partition coefficient (Wildman–Crippen LogP) is 3.03. The van der Waals surface area contributed by atoms with Crippen LogP contribution in [-0.4, -0.2) is 13.7 Å². The molecular formula is C11H9F2N3O. The molecule has 4 nitrogen and oxygen atoms in total. The van der Waals surface area contributed by atoms with E-state index in [-0.39, 0.29) is 12.1 Å². The van der Waals surface area contributed by atoms with Crippen molar-refractivity contribution in [1.29, 1.82) is 0 Å². The lowest BCUT2D eigenvalue weighted by atomic mass is 10.2. The van der Waals surface area contributed by atoms with E-state index in [2.05, 4.69) is 26.6 Å². The van der Waals surface area contributed by atoms with Gasteiger partial charge in [0.25, 0.3) is 0 Å². The zero-order chi connectivity index (χ0) is 12.7. The lowest BCUT2D eigenvalue weighted by Gasteiger charge is -2.03. The fourth-order valence-corrected chi connectivity index (χ4v) is 1.14. The Kier molecular flexibility index (Phi) is 4.79. The van der Waals surface area contributed by atoms with E-state index in [0.29, 0.717) is 6.42 Å². The molecule has 0 spiro atoms.